The van der Waals surface area contributed by atoms with Crippen LogP contribution in [0.5, 0.6) is 0 Å². The van der Waals surface area contributed by atoms with Gasteiger partial charge in [-0.3, -0.25) is 13.9 Å². The minimum Gasteiger partial charge on any atom is -0.352 e. The molecule has 0 bridgehead atoms. The highest BCUT2D eigenvalue weighted by Crippen LogP contribution is 2.26. The summed E-state index contributed by atoms with van der Waals surface area (Å²) < 4.78 is 29.4. The largest absolute Gasteiger partial charge is 0.352 e. The molecule has 1 aliphatic carbocycles. The Hall–Kier alpha value is -2.88. The maximum atomic E-state index is 14.0. The molecule has 212 valence electrons. The Morgan fingerprint density at radius 3 is 2.20 bits per heavy atom. The molecule has 0 radical (unpaired) electrons. The van der Waals surface area contributed by atoms with Crippen LogP contribution in [0.1, 0.15) is 44.6 Å². The number of carbonyl (C=O) groups excluding carboxylic acids is 2. The van der Waals surface area contributed by atoms with Crippen molar-refractivity contribution < 1.29 is 18.0 Å². The third kappa shape index (κ3) is 7.65. The monoisotopic (exact) mass is 645 g/mol. The summed E-state index contributed by atoms with van der Waals surface area (Å²) in [5.41, 5.74) is 1.11. The van der Waals surface area contributed by atoms with Crippen molar-refractivity contribution in [2.45, 2.75) is 62.6 Å². The SMILES string of the molecule is C[C@H](C(=O)NC1CCCCC1)N(Cc1ccc(Cl)cc1)C(=O)CN(c1ccc(Br)cc1)S(=O)(=O)c1ccccc1. The highest BCUT2D eigenvalue weighted by atomic mass is 79.9. The van der Waals surface area contributed by atoms with Gasteiger partial charge in [-0.2, -0.15) is 0 Å². The van der Waals surface area contributed by atoms with Crippen molar-refractivity contribution in [2.24, 2.45) is 0 Å². The smallest absolute Gasteiger partial charge is 0.264 e. The van der Waals surface area contributed by atoms with Gasteiger partial charge in [-0.05, 0) is 73.9 Å². The minimum absolute atomic E-state index is 0.0676. The molecule has 1 atom stereocenters. The van der Waals surface area contributed by atoms with E-state index in [0.29, 0.717) is 10.7 Å². The van der Waals surface area contributed by atoms with E-state index in [2.05, 4.69) is 21.2 Å². The molecular formula is C30H33BrClN3O4S. The number of carbonyl (C=O) groups is 2. The lowest BCUT2D eigenvalue weighted by atomic mass is 9.95. The van der Waals surface area contributed by atoms with E-state index in [1.54, 1.807) is 73.7 Å². The molecule has 1 N–H and O–H groups in total. The lowest BCUT2D eigenvalue weighted by Gasteiger charge is -2.33. The Kier molecular flexibility index (Phi) is 10.3. The van der Waals surface area contributed by atoms with Crippen molar-refractivity contribution in [3.63, 3.8) is 0 Å². The molecule has 0 unspecified atom stereocenters. The number of hydrogen-bond acceptors (Lipinski definition) is 4. The van der Waals surface area contributed by atoms with Gasteiger partial charge in [0, 0.05) is 22.1 Å². The predicted molar refractivity (Wildman–Crippen MR) is 162 cm³/mol. The van der Waals surface area contributed by atoms with Crippen molar-refractivity contribution in [3.8, 4) is 0 Å². The number of sulfonamides is 1. The molecule has 2 amide bonds. The molecule has 10 heteroatoms. The Balaban J connectivity index is 1.65. The summed E-state index contributed by atoms with van der Waals surface area (Å²) >= 11 is 9.45. The molecule has 0 heterocycles. The molecule has 0 spiro atoms. The van der Waals surface area contributed by atoms with Gasteiger partial charge in [0.2, 0.25) is 11.8 Å². The lowest BCUT2D eigenvalue weighted by Crippen LogP contribution is -2.53. The van der Waals surface area contributed by atoms with E-state index in [0.717, 1.165) is 46.4 Å². The summed E-state index contributed by atoms with van der Waals surface area (Å²) in [6.07, 6.45) is 5.11. The van der Waals surface area contributed by atoms with Crippen LogP contribution in [0.3, 0.4) is 0 Å². The van der Waals surface area contributed by atoms with Gasteiger partial charge in [-0.1, -0.05) is 77.1 Å². The molecule has 4 rings (SSSR count). The number of amides is 2. The van der Waals surface area contributed by atoms with Crippen molar-refractivity contribution in [3.05, 3.63) is 93.9 Å². The molecule has 0 aliphatic heterocycles. The van der Waals surface area contributed by atoms with Gasteiger partial charge >= 0.3 is 0 Å². The van der Waals surface area contributed by atoms with Gasteiger partial charge in [0.15, 0.2) is 0 Å². The van der Waals surface area contributed by atoms with E-state index in [4.69, 9.17) is 11.6 Å². The predicted octanol–water partition coefficient (Wildman–Crippen LogP) is 6.16. The van der Waals surface area contributed by atoms with Crippen LogP contribution in [0.4, 0.5) is 5.69 Å². The van der Waals surface area contributed by atoms with Crippen molar-refractivity contribution in [1.82, 2.24) is 10.2 Å². The van der Waals surface area contributed by atoms with Crippen LogP contribution in [0.25, 0.3) is 0 Å². The minimum atomic E-state index is -4.09. The molecule has 0 aromatic heterocycles. The van der Waals surface area contributed by atoms with Gasteiger partial charge < -0.3 is 10.2 Å². The maximum Gasteiger partial charge on any atom is 0.264 e. The fourth-order valence-corrected chi connectivity index (χ4v) is 6.62. The van der Waals surface area contributed by atoms with Gasteiger partial charge in [-0.25, -0.2) is 8.42 Å². The molecule has 0 saturated heterocycles. The standard InChI is InChI=1S/C30H33BrClN3O4S/c1-22(30(37)33-26-8-4-2-5-9-26)34(20-23-12-16-25(32)17-13-23)29(36)21-35(27-18-14-24(31)15-19-27)40(38,39)28-10-6-3-7-11-28/h3,6-7,10-19,22,26H,2,4-5,8-9,20-21H2,1H3,(H,33,37)/t22-/m1/s1. The highest BCUT2D eigenvalue weighted by molar-refractivity contribution is 9.10. The topological polar surface area (TPSA) is 86.8 Å². The normalized spacial score (nSPS) is 14.8. The fourth-order valence-electron chi connectivity index (χ4n) is 4.79. The Bertz CT molecular complexity index is 1400. The summed E-state index contributed by atoms with van der Waals surface area (Å²) in [6, 6.07) is 21.0. The average molecular weight is 647 g/mol. The van der Waals surface area contributed by atoms with Crippen LogP contribution in [0.2, 0.25) is 5.02 Å². The second-order valence-electron chi connectivity index (χ2n) is 9.97. The van der Waals surface area contributed by atoms with Crippen LogP contribution < -0.4 is 9.62 Å². The first-order chi connectivity index (χ1) is 19.1. The van der Waals surface area contributed by atoms with Crippen LogP contribution in [-0.4, -0.2) is 43.8 Å². The molecule has 3 aromatic carbocycles. The number of rotatable bonds is 10. The van der Waals surface area contributed by atoms with Crippen molar-refractivity contribution >= 4 is 55.1 Å². The van der Waals surface area contributed by atoms with Gasteiger partial charge in [0.05, 0.1) is 10.6 Å². The zero-order valence-electron chi connectivity index (χ0n) is 22.3. The van der Waals surface area contributed by atoms with E-state index in [1.165, 1.54) is 17.0 Å². The number of hydrogen-bond donors (Lipinski definition) is 1. The summed E-state index contributed by atoms with van der Waals surface area (Å²) in [5.74, 6) is -0.751. The number of nitrogens with one attached hydrogen (secondary N) is 1. The number of halogens is 2. The Morgan fingerprint density at radius 2 is 1.57 bits per heavy atom. The third-order valence-corrected chi connectivity index (χ3v) is 9.68. The van der Waals surface area contributed by atoms with Gasteiger partial charge in [0.1, 0.15) is 12.6 Å². The fraction of sp³-hybridized carbons (Fsp3) is 0.333. The first-order valence-corrected chi connectivity index (χ1v) is 15.9. The van der Waals surface area contributed by atoms with E-state index >= 15 is 0 Å². The zero-order valence-corrected chi connectivity index (χ0v) is 25.5. The number of nitrogens with zero attached hydrogens (tertiary/aromatic N) is 2. The Labute approximate surface area is 249 Å². The molecule has 3 aromatic rings. The molecular weight excluding hydrogens is 614 g/mol. The van der Waals surface area contributed by atoms with Gasteiger partial charge in [0.25, 0.3) is 10.0 Å². The summed E-state index contributed by atoms with van der Waals surface area (Å²) in [6.45, 7) is 1.32. The van der Waals surface area contributed by atoms with Crippen LogP contribution in [0.15, 0.2) is 88.2 Å². The Morgan fingerprint density at radius 1 is 0.950 bits per heavy atom. The van der Waals surface area contributed by atoms with E-state index in [-0.39, 0.29) is 23.4 Å². The summed E-state index contributed by atoms with van der Waals surface area (Å²) in [7, 11) is -4.09. The number of anilines is 1. The molecule has 1 saturated carbocycles. The van der Waals surface area contributed by atoms with Crippen molar-refractivity contribution in [2.75, 3.05) is 10.8 Å². The van der Waals surface area contributed by atoms with Gasteiger partial charge in [-0.15, -0.1) is 0 Å². The van der Waals surface area contributed by atoms with Crippen LogP contribution in [-0.2, 0) is 26.2 Å². The van der Waals surface area contributed by atoms with E-state index in [1.807, 2.05) is 0 Å². The quantitative estimate of drug-likeness (QED) is 0.286. The third-order valence-electron chi connectivity index (χ3n) is 7.11. The first-order valence-electron chi connectivity index (χ1n) is 13.3. The maximum absolute atomic E-state index is 14.0. The number of benzene rings is 3. The van der Waals surface area contributed by atoms with E-state index < -0.39 is 28.5 Å². The molecule has 40 heavy (non-hydrogen) atoms. The molecule has 1 aliphatic rings. The van der Waals surface area contributed by atoms with Crippen molar-refractivity contribution in [1.29, 1.82) is 0 Å². The average Bonchev–Trinajstić information content (AvgIpc) is 2.96. The summed E-state index contributed by atoms with van der Waals surface area (Å²) in [4.78, 5) is 28.8. The highest BCUT2D eigenvalue weighted by Gasteiger charge is 2.33. The zero-order chi connectivity index (χ0) is 28.7. The first kappa shape index (κ1) is 30.1. The second kappa shape index (κ2) is 13.7. The van der Waals surface area contributed by atoms with Crippen LogP contribution in [0, 0.1) is 0 Å². The van der Waals surface area contributed by atoms with E-state index in [9.17, 15) is 18.0 Å². The second-order valence-corrected chi connectivity index (χ2v) is 13.2. The molecule has 1 fully saturated rings. The summed E-state index contributed by atoms with van der Waals surface area (Å²) in [5, 5.41) is 3.66. The van der Waals surface area contributed by atoms with Crippen LogP contribution >= 0.6 is 27.5 Å². The lowest BCUT2D eigenvalue weighted by molar-refractivity contribution is -0.139. The molecule has 7 nitrogen and oxygen atoms in total.